The molecule has 1 rings (SSSR count). The van der Waals surface area contributed by atoms with Gasteiger partial charge in [-0.2, -0.15) is 0 Å². The first-order valence-electron chi connectivity index (χ1n) is 6.50. The molecule has 1 amide bonds. The van der Waals surface area contributed by atoms with Crippen molar-refractivity contribution in [1.82, 2.24) is 4.90 Å². The van der Waals surface area contributed by atoms with Gasteiger partial charge >= 0.3 is 5.97 Å². The Morgan fingerprint density at radius 1 is 1.11 bits per heavy atom. The Bertz CT molecular complexity index is 343. The molecule has 0 radical (unpaired) electrons. The summed E-state index contributed by atoms with van der Waals surface area (Å²) in [6.07, 6.45) is 0.826. The average Bonchev–Trinajstić information content (AvgIpc) is 3.12. The number of esters is 1. The van der Waals surface area contributed by atoms with E-state index in [1.807, 2.05) is 13.8 Å². The highest BCUT2D eigenvalue weighted by molar-refractivity contribution is 6.12. The van der Waals surface area contributed by atoms with E-state index in [9.17, 15) is 14.4 Å². The fraction of sp³-hybridized carbons (Fsp3) is 0.769. The highest BCUT2D eigenvalue weighted by atomic mass is 16.5. The van der Waals surface area contributed by atoms with Crippen LogP contribution in [0.25, 0.3) is 0 Å². The maximum atomic E-state index is 12.0. The van der Waals surface area contributed by atoms with Crippen LogP contribution in [0.1, 0.15) is 40.0 Å². The highest BCUT2D eigenvalue weighted by Crippen LogP contribution is 2.48. The van der Waals surface area contributed by atoms with Crippen LogP contribution < -0.4 is 0 Å². The first-order valence-corrected chi connectivity index (χ1v) is 6.50. The molecule has 1 aliphatic rings. The summed E-state index contributed by atoms with van der Waals surface area (Å²) < 4.78 is 4.90. The Hall–Kier alpha value is -1.39. The molecule has 0 unspecified atom stereocenters. The number of ether oxygens (including phenoxy) is 1. The van der Waals surface area contributed by atoms with Crippen molar-refractivity contribution in [2.75, 3.05) is 19.7 Å². The second kappa shape index (κ2) is 5.98. The SMILES string of the molecule is CCOC(=O)C1(C(=O)CC(=O)N(CC)CC)CC1. The van der Waals surface area contributed by atoms with Gasteiger partial charge in [-0.15, -0.1) is 0 Å². The zero-order valence-electron chi connectivity index (χ0n) is 11.3. The fourth-order valence-electron chi connectivity index (χ4n) is 1.99. The third-order valence-electron chi connectivity index (χ3n) is 3.38. The summed E-state index contributed by atoms with van der Waals surface area (Å²) >= 11 is 0. The molecule has 0 N–H and O–H groups in total. The van der Waals surface area contributed by atoms with Crippen LogP contribution in [-0.4, -0.2) is 42.3 Å². The van der Waals surface area contributed by atoms with Gasteiger partial charge in [-0.25, -0.2) is 0 Å². The largest absolute Gasteiger partial charge is 0.465 e. The lowest BCUT2D eigenvalue weighted by Gasteiger charge is -2.19. The number of Topliss-reactive ketones (excluding diaryl/α,β-unsaturated/α-hetero) is 1. The molecule has 0 saturated heterocycles. The molecule has 0 aromatic carbocycles. The van der Waals surface area contributed by atoms with E-state index in [2.05, 4.69) is 0 Å². The van der Waals surface area contributed by atoms with Gasteiger partial charge in [0.15, 0.2) is 5.78 Å². The number of rotatable bonds is 7. The standard InChI is InChI=1S/C13H21NO4/c1-4-14(5-2)11(16)9-10(15)13(7-8-13)12(17)18-6-3/h4-9H2,1-3H3. The molecule has 1 aliphatic carbocycles. The van der Waals surface area contributed by atoms with Gasteiger partial charge < -0.3 is 9.64 Å². The zero-order chi connectivity index (χ0) is 13.8. The third-order valence-corrected chi connectivity index (χ3v) is 3.38. The molecule has 0 aromatic rings. The van der Waals surface area contributed by atoms with Gasteiger partial charge in [-0.1, -0.05) is 0 Å². The van der Waals surface area contributed by atoms with Crippen LogP contribution in [-0.2, 0) is 19.1 Å². The maximum absolute atomic E-state index is 12.0. The number of hydrogen-bond acceptors (Lipinski definition) is 4. The average molecular weight is 255 g/mol. The van der Waals surface area contributed by atoms with Gasteiger partial charge in [0.1, 0.15) is 5.41 Å². The van der Waals surface area contributed by atoms with Crippen LogP contribution in [0.3, 0.4) is 0 Å². The Kier molecular flexibility index (Phi) is 4.87. The van der Waals surface area contributed by atoms with Gasteiger partial charge in [-0.3, -0.25) is 14.4 Å². The van der Waals surface area contributed by atoms with Gasteiger partial charge in [0.05, 0.1) is 13.0 Å². The molecule has 102 valence electrons. The van der Waals surface area contributed by atoms with E-state index < -0.39 is 11.4 Å². The first-order chi connectivity index (χ1) is 8.51. The molecule has 1 saturated carbocycles. The smallest absolute Gasteiger partial charge is 0.319 e. The molecule has 0 heterocycles. The number of amides is 1. The van der Waals surface area contributed by atoms with Crippen molar-refractivity contribution < 1.29 is 19.1 Å². The molecule has 0 aliphatic heterocycles. The van der Waals surface area contributed by atoms with Crippen molar-refractivity contribution in [2.45, 2.75) is 40.0 Å². The van der Waals surface area contributed by atoms with Crippen molar-refractivity contribution in [3.8, 4) is 0 Å². The molecule has 18 heavy (non-hydrogen) atoms. The fourth-order valence-corrected chi connectivity index (χ4v) is 1.99. The van der Waals surface area contributed by atoms with Crippen LogP contribution in [0.4, 0.5) is 0 Å². The minimum Gasteiger partial charge on any atom is -0.465 e. The van der Waals surface area contributed by atoms with E-state index in [1.54, 1.807) is 11.8 Å². The summed E-state index contributed by atoms with van der Waals surface area (Å²) in [4.78, 5) is 37.2. The molecule has 1 fully saturated rings. The summed E-state index contributed by atoms with van der Waals surface area (Å²) in [5.41, 5.74) is -1.02. The Balaban J connectivity index is 2.60. The molecule has 0 aromatic heterocycles. The highest BCUT2D eigenvalue weighted by Gasteiger charge is 2.57. The summed E-state index contributed by atoms with van der Waals surface area (Å²) in [5, 5.41) is 0. The lowest BCUT2D eigenvalue weighted by Crippen LogP contribution is -2.36. The summed E-state index contributed by atoms with van der Waals surface area (Å²) in [6, 6.07) is 0. The van der Waals surface area contributed by atoms with Crippen LogP contribution in [0, 0.1) is 5.41 Å². The minimum absolute atomic E-state index is 0.194. The van der Waals surface area contributed by atoms with Crippen molar-refractivity contribution >= 4 is 17.7 Å². The number of carbonyl (C=O) groups excluding carboxylic acids is 3. The van der Waals surface area contributed by atoms with E-state index in [4.69, 9.17) is 4.74 Å². The van der Waals surface area contributed by atoms with E-state index in [1.165, 1.54) is 0 Å². The van der Waals surface area contributed by atoms with Crippen LogP contribution in [0.15, 0.2) is 0 Å². The predicted octanol–water partition coefficient (Wildman–Crippen LogP) is 1.16. The number of nitrogens with zero attached hydrogens (tertiary/aromatic N) is 1. The second-order valence-corrected chi connectivity index (χ2v) is 4.47. The van der Waals surface area contributed by atoms with Crippen LogP contribution >= 0.6 is 0 Å². The summed E-state index contributed by atoms with van der Waals surface area (Å²) in [5.74, 6) is -0.972. The van der Waals surface area contributed by atoms with E-state index in [0.717, 1.165) is 0 Å². The zero-order valence-corrected chi connectivity index (χ0v) is 11.3. The van der Waals surface area contributed by atoms with E-state index in [0.29, 0.717) is 25.9 Å². The van der Waals surface area contributed by atoms with Crippen molar-refractivity contribution in [1.29, 1.82) is 0 Å². The summed E-state index contributed by atoms with van der Waals surface area (Å²) in [6.45, 7) is 6.86. The van der Waals surface area contributed by atoms with E-state index in [-0.39, 0.29) is 24.7 Å². The molecule has 5 nitrogen and oxygen atoms in total. The van der Waals surface area contributed by atoms with E-state index >= 15 is 0 Å². The van der Waals surface area contributed by atoms with Crippen LogP contribution in [0.2, 0.25) is 0 Å². The molecule has 5 heteroatoms. The molecular formula is C13H21NO4. The first kappa shape index (κ1) is 14.7. The van der Waals surface area contributed by atoms with Crippen molar-refractivity contribution in [3.05, 3.63) is 0 Å². The second-order valence-electron chi connectivity index (χ2n) is 4.47. The van der Waals surface area contributed by atoms with Gasteiger partial charge in [0, 0.05) is 13.1 Å². The number of ketones is 1. The Labute approximate surface area is 107 Å². The number of carbonyl (C=O) groups is 3. The third kappa shape index (κ3) is 2.89. The Morgan fingerprint density at radius 3 is 2.06 bits per heavy atom. The molecule has 0 bridgehead atoms. The number of hydrogen-bond donors (Lipinski definition) is 0. The minimum atomic E-state index is -1.02. The molecular weight excluding hydrogens is 234 g/mol. The van der Waals surface area contributed by atoms with Crippen LogP contribution in [0.5, 0.6) is 0 Å². The topological polar surface area (TPSA) is 63.7 Å². The lowest BCUT2D eigenvalue weighted by atomic mass is 9.98. The van der Waals surface area contributed by atoms with Gasteiger partial charge in [-0.05, 0) is 33.6 Å². The summed E-state index contributed by atoms with van der Waals surface area (Å²) in [7, 11) is 0. The van der Waals surface area contributed by atoms with Crippen molar-refractivity contribution in [3.63, 3.8) is 0 Å². The monoisotopic (exact) mass is 255 g/mol. The quantitative estimate of drug-likeness (QED) is 0.506. The van der Waals surface area contributed by atoms with Gasteiger partial charge in [0.25, 0.3) is 0 Å². The molecule has 0 spiro atoms. The normalized spacial score (nSPS) is 15.9. The molecule has 0 atom stereocenters. The maximum Gasteiger partial charge on any atom is 0.319 e. The van der Waals surface area contributed by atoms with Crippen molar-refractivity contribution in [2.24, 2.45) is 5.41 Å². The van der Waals surface area contributed by atoms with Gasteiger partial charge in [0.2, 0.25) is 5.91 Å². The Morgan fingerprint density at radius 2 is 1.67 bits per heavy atom. The predicted molar refractivity (Wildman–Crippen MR) is 65.9 cm³/mol. The lowest BCUT2D eigenvalue weighted by molar-refractivity contribution is -0.154.